The summed E-state index contributed by atoms with van der Waals surface area (Å²) in [4.78, 5) is 37.7. The van der Waals surface area contributed by atoms with Crippen molar-refractivity contribution in [3.63, 3.8) is 0 Å². The fourth-order valence-electron chi connectivity index (χ4n) is 2.45. The summed E-state index contributed by atoms with van der Waals surface area (Å²) in [5.74, 6) is -1.09. The van der Waals surface area contributed by atoms with Gasteiger partial charge in [0, 0.05) is 17.4 Å². The summed E-state index contributed by atoms with van der Waals surface area (Å²) in [5, 5.41) is 3.09. The number of halogens is 2. The highest BCUT2D eigenvalue weighted by Crippen LogP contribution is 2.26. The van der Waals surface area contributed by atoms with E-state index in [4.69, 9.17) is 11.6 Å². The van der Waals surface area contributed by atoms with Gasteiger partial charge in [-0.1, -0.05) is 39.7 Å². The monoisotopic (exact) mass is 406 g/mol. The molecule has 1 aliphatic rings. The van der Waals surface area contributed by atoms with E-state index in [2.05, 4.69) is 21.2 Å². The third kappa shape index (κ3) is 3.20. The van der Waals surface area contributed by atoms with Crippen molar-refractivity contribution in [1.29, 1.82) is 0 Å². The third-order valence-corrected chi connectivity index (χ3v) is 4.47. The first-order valence-electron chi connectivity index (χ1n) is 7.17. The zero-order chi connectivity index (χ0) is 17.3. The molecule has 1 aliphatic heterocycles. The molecule has 1 heterocycles. The Morgan fingerprint density at radius 3 is 2.54 bits per heavy atom. The van der Waals surface area contributed by atoms with E-state index >= 15 is 0 Å². The fourth-order valence-corrected chi connectivity index (χ4v) is 3.00. The van der Waals surface area contributed by atoms with E-state index < -0.39 is 0 Å². The normalized spacial score (nSPS) is 13.2. The molecule has 122 valence electrons. The lowest BCUT2D eigenvalue weighted by molar-refractivity contribution is -0.116. The molecule has 0 radical (unpaired) electrons. The second-order valence-corrected chi connectivity index (χ2v) is 6.55. The van der Waals surface area contributed by atoms with Crippen LogP contribution < -0.4 is 5.32 Å². The number of carbonyl (C=O) groups is 3. The first-order chi connectivity index (χ1) is 11.5. The summed E-state index contributed by atoms with van der Waals surface area (Å²) in [6.45, 7) is 0.0141. The molecule has 3 rings (SSSR count). The van der Waals surface area contributed by atoms with Crippen molar-refractivity contribution in [3.05, 3.63) is 63.1 Å². The van der Waals surface area contributed by atoms with Crippen LogP contribution in [0.4, 0.5) is 5.69 Å². The molecule has 2 aromatic rings. The number of amides is 3. The molecule has 1 N–H and O–H groups in total. The summed E-state index contributed by atoms with van der Waals surface area (Å²) >= 11 is 9.26. The second kappa shape index (κ2) is 6.75. The average molecular weight is 408 g/mol. The zero-order valence-corrected chi connectivity index (χ0v) is 14.7. The lowest BCUT2D eigenvalue weighted by Crippen LogP contribution is -2.32. The number of hydrogen-bond acceptors (Lipinski definition) is 3. The molecule has 0 saturated carbocycles. The van der Waals surface area contributed by atoms with E-state index in [0.717, 1.165) is 9.37 Å². The number of anilines is 1. The molecule has 5 nitrogen and oxygen atoms in total. The molecule has 0 saturated heterocycles. The number of benzene rings is 2. The van der Waals surface area contributed by atoms with Gasteiger partial charge in [-0.15, -0.1) is 0 Å². The summed E-state index contributed by atoms with van der Waals surface area (Å²) in [5.41, 5.74) is 1.20. The van der Waals surface area contributed by atoms with Gasteiger partial charge in [0.05, 0.1) is 21.8 Å². The van der Waals surface area contributed by atoms with Crippen LogP contribution >= 0.6 is 27.5 Å². The molecule has 0 spiro atoms. The molecular weight excluding hydrogens is 396 g/mol. The van der Waals surface area contributed by atoms with Gasteiger partial charge in [-0.25, -0.2) is 0 Å². The Labute approximate surface area is 151 Å². The lowest BCUT2D eigenvalue weighted by Gasteiger charge is -2.13. The fraction of sp³-hybridized carbons (Fsp3) is 0.118. The number of para-hydroxylation sites is 1. The van der Waals surface area contributed by atoms with Crippen LogP contribution in [0.15, 0.2) is 46.9 Å². The number of rotatable bonds is 4. The molecule has 0 aliphatic carbocycles. The number of nitrogens with one attached hydrogen (secondary N) is 1. The average Bonchev–Trinajstić information content (AvgIpc) is 2.78. The van der Waals surface area contributed by atoms with E-state index in [0.29, 0.717) is 21.8 Å². The highest BCUT2D eigenvalue weighted by molar-refractivity contribution is 9.10. The SMILES string of the molecule is O=C(CCN1C(=O)c2ccc(Br)cc2C1=O)Nc1ccccc1Cl. The first kappa shape index (κ1) is 16.7. The van der Waals surface area contributed by atoms with E-state index in [-0.39, 0.29) is 30.7 Å². The molecule has 0 aromatic heterocycles. The molecular formula is C17H12BrClN2O3. The van der Waals surface area contributed by atoms with Gasteiger partial charge in [0.1, 0.15) is 0 Å². The van der Waals surface area contributed by atoms with Crippen LogP contribution in [0.5, 0.6) is 0 Å². The Kier molecular flexibility index (Phi) is 4.69. The molecule has 0 bridgehead atoms. The van der Waals surface area contributed by atoms with Gasteiger partial charge in [0.15, 0.2) is 0 Å². The van der Waals surface area contributed by atoms with E-state index in [1.807, 2.05) is 0 Å². The molecule has 0 atom stereocenters. The number of nitrogens with zero attached hydrogens (tertiary/aromatic N) is 1. The number of hydrogen-bond donors (Lipinski definition) is 1. The van der Waals surface area contributed by atoms with E-state index in [9.17, 15) is 14.4 Å². The topological polar surface area (TPSA) is 66.5 Å². The molecule has 3 amide bonds. The van der Waals surface area contributed by atoms with Crippen LogP contribution in [0.3, 0.4) is 0 Å². The minimum Gasteiger partial charge on any atom is -0.325 e. The number of fused-ring (bicyclic) bond motifs is 1. The largest absolute Gasteiger partial charge is 0.325 e. The van der Waals surface area contributed by atoms with Gasteiger partial charge in [-0.3, -0.25) is 19.3 Å². The van der Waals surface area contributed by atoms with Crippen molar-refractivity contribution in [1.82, 2.24) is 4.90 Å². The van der Waals surface area contributed by atoms with Crippen LogP contribution in [0.2, 0.25) is 5.02 Å². The predicted molar refractivity (Wildman–Crippen MR) is 94.2 cm³/mol. The summed E-state index contributed by atoms with van der Waals surface area (Å²) < 4.78 is 0.723. The van der Waals surface area contributed by atoms with E-state index in [1.165, 1.54) is 0 Å². The smallest absolute Gasteiger partial charge is 0.261 e. The summed E-state index contributed by atoms with van der Waals surface area (Å²) in [6.07, 6.45) is -0.00212. The van der Waals surface area contributed by atoms with Gasteiger partial charge in [-0.2, -0.15) is 0 Å². The van der Waals surface area contributed by atoms with Crippen LogP contribution in [0.25, 0.3) is 0 Å². The number of carbonyl (C=O) groups excluding carboxylic acids is 3. The van der Waals surface area contributed by atoms with E-state index in [1.54, 1.807) is 42.5 Å². The molecule has 7 heteroatoms. The van der Waals surface area contributed by atoms with Crippen LogP contribution in [-0.2, 0) is 4.79 Å². The quantitative estimate of drug-likeness (QED) is 0.785. The lowest BCUT2D eigenvalue weighted by atomic mass is 10.1. The maximum absolute atomic E-state index is 12.3. The Morgan fingerprint density at radius 1 is 1.08 bits per heavy atom. The second-order valence-electron chi connectivity index (χ2n) is 5.23. The molecule has 0 fully saturated rings. The van der Waals surface area contributed by atoms with Crippen molar-refractivity contribution >= 4 is 50.9 Å². The van der Waals surface area contributed by atoms with Gasteiger partial charge < -0.3 is 5.32 Å². The van der Waals surface area contributed by atoms with Crippen molar-refractivity contribution < 1.29 is 14.4 Å². The molecule has 0 unspecified atom stereocenters. The third-order valence-electron chi connectivity index (χ3n) is 3.64. The molecule has 2 aromatic carbocycles. The summed E-state index contributed by atoms with van der Waals surface area (Å²) in [7, 11) is 0. The van der Waals surface area contributed by atoms with Gasteiger partial charge in [0.2, 0.25) is 5.91 Å². The maximum atomic E-state index is 12.3. The minimum absolute atomic E-state index is 0.00212. The highest BCUT2D eigenvalue weighted by Gasteiger charge is 2.35. The van der Waals surface area contributed by atoms with Gasteiger partial charge >= 0.3 is 0 Å². The minimum atomic E-state index is -0.387. The van der Waals surface area contributed by atoms with Crippen molar-refractivity contribution in [2.24, 2.45) is 0 Å². The van der Waals surface area contributed by atoms with Crippen LogP contribution in [0, 0.1) is 0 Å². The van der Waals surface area contributed by atoms with Crippen LogP contribution in [0.1, 0.15) is 27.1 Å². The highest BCUT2D eigenvalue weighted by atomic mass is 79.9. The Hall–Kier alpha value is -2.18. The van der Waals surface area contributed by atoms with Crippen molar-refractivity contribution in [2.45, 2.75) is 6.42 Å². The predicted octanol–water partition coefficient (Wildman–Crippen LogP) is 3.73. The van der Waals surface area contributed by atoms with Crippen molar-refractivity contribution in [3.8, 4) is 0 Å². The van der Waals surface area contributed by atoms with Crippen LogP contribution in [-0.4, -0.2) is 29.2 Å². The Bertz CT molecular complexity index is 853. The maximum Gasteiger partial charge on any atom is 0.261 e. The summed E-state index contributed by atoms with van der Waals surface area (Å²) in [6, 6.07) is 11.8. The van der Waals surface area contributed by atoms with Gasteiger partial charge in [0.25, 0.3) is 11.8 Å². The first-order valence-corrected chi connectivity index (χ1v) is 8.34. The molecule has 24 heavy (non-hydrogen) atoms. The number of imide groups is 1. The zero-order valence-electron chi connectivity index (χ0n) is 12.4. The Balaban J connectivity index is 1.65. The Morgan fingerprint density at radius 2 is 1.79 bits per heavy atom. The van der Waals surface area contributed by atoms with Crippen molar-refractivity contribution in [2.75, 3.05) is 11.9 Å². The van der Waals surface area contributed by atoms with Gasteiger partial charge in [-0.05, 0) is 30.3 Å². The standard InChI is InChI=1S/C17H12BrClN2O3/c18-10-5-6-11-12(9-10)17(24)21(16(11)23)8-7-15(22)20-14-4-2-1-3-13(14)19/h1-6,9H,7-8H2,(H,20,22).